The van der Waals surface area contributed by atoms with Gasteiger partial charge < -0.3 is 5.32 Å². The minimum atomic E-state index is -4.72. The number of rotatable bonds is 6. The van der Waals surface area contributed by atoms with Gasteiger partial charge in [-0.25, -0.2) is 12.8 Å². The zero-order chi connectivity index (χ0) is 24.4. The van der Waals surface area contributed by atoms with E-state index in [1.54, 1.807) is 26.0 Å². The molecule has 0 aliphatic heterocycles. The summed E-state index contributed by atoms with van der Waals surface area (Å²) in [5, 5.41) is 2.68. The molecule has 0 saturated heterocycles. The lowest BCUT2D eigenvalue weighted by atomic mass is 9.95. The molecule has 0 aliphatic carbocycles. The Kier molecular flexibility index (Phi) is 6.92. The number of hydrogen-bond donors (Lipinski definition) is 1. The van der Waals surface area contributed by atoms with Crippen LogP contribution >= 0.6 is 0 Å². The molecular formula is C24H21F4NO3S. The number of sulfone groups is 1. The minimum absolute atomic E-state index is 0.0105. The van der Waals surface area contributed by atoms with Crippen molar-refractivity contribution in [3.05, 3.63) is 83.2 Å². The first-order valence-electron chi connectivity index (χ1n) is 10.00. The van der Waals surface area contributed by atoms with Gasteiger partial charge in [-0.2, -0.15) is 13.2 Å². The van der Waals surface area contributed by atoms with E-state index in [-0.39, 0.29) is 34.1 Å². The van der Waals surface area contributed by atoms with Crippen molar-refractivity contribution in [3.8, 4) is 11.1 Å². The molecule has 4 nitrogen and oxygen atoms in total. The minimum Gasteiger partial charge on any atom is -0.326 e. The average molecular weight is 479 g/mol. The van der Waals surface area contributed by atoms with E-state index in [9.17, 15) is 30.8 Å². The van der Waals surface area contributed by atoms with Crippen molar-refractivity contribution >= 4 is 21.4 Å². The Labute approximate surface area is 189 Å². The molecule has 0 saturated carbocycles. The summed E-state index contributed by atoms with van der Waals surface area (Å²) < 4.78 is 77.2. The van der Waals surface area contributed by atoms with Crippen molar-refractivity contribution in [1.82, 2.24) is 0 Å². The van der Waals surface area contributed by atoms with Crippen LogP contribution in [0.5, 0.6) is 0 Å². The van der Waals surface area contributed by atoms with Crippen LogP contribution in [0.15, 0.2) is 65.6 Å². The summed E-state index contributed by atoms with van der Waals surface area (Å²) in [5.74, 6) is -1.37. The molecule has 1 N–H and O–H groups in total. The topological polar surface area (TPSA) is 63.2 Å². The molecule has 0 bridgehead atoms. The lowest BCUT2D eigenvalue weighted by Gasteiger charge is -2.16. The summed E-state index contributed by atoms with van der Waals surface area (Å²) in [7, 11) is -3.33. The van der Waals surface area contributed by atoms with Gasteiger partial charge in [-0.15, -0.1) is 0 Å². The summed E-state index contributed by atoms with van der Waals surface area (Å²) >= 11 is 0. The van der Waals surface area contributed by atoms with Crippen molar-refractivity contribution < 1.29 is 30.8 Å². The number of halogens is 4. The Bertz CT molecular complexity index is 1280. The molecule has 1 amide bonds. The normalized spacial score (nSPS) is 11.9. The molecular weight excluding hydrogens is 458 g/mol. The Morgan fingerprint density at radius 3 is 2.15 bits per heavy atom. The SMILES string of the molecule is CCS(=O)(=O)c1ccc(CC(=O)Nc2ccc(-c3ccc(F)cc3C(F)(F)F)c(C)c2)cc1. The second kappa shape index (κ2) is 9.35. The number of hydrogen-bond acceptors (Lipinski definition) is 3. The number of anilines is 1. The number of carbonyl (C=O) groups excluding carboxylic acids is 1. The molecule has 0 aliphatic rings. The fourth-order valence-electron chi connectivity index (χ4n) is 3.40. The van der Waals surface area contributed by atoms with Crippen LogP contribution in [0.2, 0.25) is 0 Å². The number of carbonyl (C=O) groups is 1. The Hall–Kier alpha value is -3.20. The van der Waals surface area contributed by atoms with Gasteiger partial charge in [-0.3, -0.25) is 4.79 Å². The molecule has 3 aromatic rings. The van der Waals surface area contributed by atoms with Gasteiger partial charge in [-0.05, 0) is 65.6 Å². The number of aryl methyl sites for hydroxylation is 1. The smallest absolute Gasteiger partial charge is 0.326 e. The van der Waals surface area contributed by atoms with Gasteiger partial charge in [0.05, 0.1) is 22.6 Å². The first-order chi connectivity index (χ1) is 15.4. The van der Waals surface area contributed by atoms with Crippen molar-refractivity contribution in [2.24, 2.45) is 0 Å². The van der Waals surface area contributed by atoms with Gasteiger partial charge in [0.1, 0.15) is 5.82 Å². The third-order valence-electron chi connectivity index (χ3n) is 5.11. The third kappa shape index (κ3) is 5.78. The zero-order valence-electron chi connectivity index (χ0n) is 17.8. The van der Waals surface area contributed by atoms with Gasteiger partial charge >= 0.3 is 6.18 Å². The third-order valence-corrected chi connectivity index (χ3v) is 6.87. The molecule has 0 aromatic heterocycles. The van der Waals surface area contributed by atoms with Crippen molar-refractivity contribution in [2.75, 3.05) is 11.1 Å². The van der Waals surface area contributed by atoms with Crippen LogP contribution in [0, 0.1) is 12.7 Å². The highest BCUT2D eigenvalue weighted by Crippen LogP contribution is 2.39. The molecule has 0 atom stereocenters. The highest BCUT2D eigenvalue weighted by Gasteiger charge is 2.34. The lowest BCUT2D eigenvalue weighted by Crippen LogP contribution is -2.14. The van der Waals surface area contributed by atoms with E-state index in [4.69, 9.17) is 0 Å². The van der Waals surface area contributed by atoms with Crippen molar-refractivity contribution in [1.29, 1.82) is 0 Å². The van der Waals surface area contributed by atoms with E-state index in [2.05, 4.69) is 5.32 Å². The molecule has 0 spiro atoms. The summed E-state index contributed by atoms with van der Waals surface area (Å²) in [6, 6.07) is 13.0. The van der Waals surface area contributed by atoms with Crippen LogP contribution < -0.4 is 5.32 Å². The van der Waals surface area contributed by atoms with E-state index >= 15 is 0 Å². The molecule has 3 aromatic carbocycles. The second-order valence-corrected chi connectivity index (χ2v) is 9.77. The fourth-order valence-corrected chi connectivity index (χ4v) is 4.29. The second-order valence-electron chi connectivity index (χ2n) is 7.49. The van der Waals surface area contributed by atoms with Crippen LogP contribution in [0.4, 0.5) is 23.2 Å². The Balaban J connectivity index is 1.77. The molecule has 174 valence electrons. The average Bonchev–Trinajstić information content (AvgIpc) is 2.74. The molecule has 0 fully saturated rings. The van der Waals surface area contributed by atoms with E-state index in [1.165, 1.54) is 30.3 Å². The standard InChI is InChI=1S/C24H21F4NO3S/c1-3-33(31,32)19-8-4-16(5-9-19)13-23(30)29-18-7-11-20(15(2)12-18)21-10-6-17(25)14-22(21)24(26,27)28/h4-12,14H,3,13H2,1-2H3,(H,29,30). The zero-order valence-corrected chi connectivity index (χ0v) is 18.6. The summed E-state index contributed by atoms with van der Waals surface area (Å²) in [4.78, 5) is 12.6. The molecule has 33 heavy (non-hydrogen) atoms. The van der Waals surface area contributed by atoms with Crippen LogP contribution in [0.1, 0.15) is 23.6 Å². The van der Waals surface area contributed by atoms with E-state index < -0.39 is 27.4 Å². The van der Waals surface area contributed by atoms with E-state index in [0.29, 0.717) is 22.9 Å². The quantitative estimate of drug-likeness (QED) is 0.455. The van der Waals surface area contributed by atoms with Crippen LogP contribution in [-0.4, -0.2) is 20.1 Å². The maximum absolute atomic E-state index is 13.4. The Morgan fingerprint density at radius 2 is 1.58 bits per heavy atom. The maximum atomic E-state index is 13.4. The van der Waals surface area contributed by atoms with Crippen LogP contribution in [0.25, 0.3) is 11.1 Å². The number of nitrogens with one attached hydrogen (secondary N) is 1. The molecule has 0 unspecified atom stereocenters. The predicted octanol–water partition coefficient (Wildman–Crippen LogP) is 5.79. The Morgan fingerprint density at radius 1 is 0.939 bits per heavy atom. The largest absolute Gasteiger partial charge is 0.417 e. The first-order valence-corrected chi connectivity index (χ1v) is 11.7. The molecule has 9 heteroatoms. The highest BCUT2D eigenvalue weighted by atomic mass is 32.2. The van der Waals surface area contributed by atoms with Gasteiger partial charge in [-0.1, -0.05) is 31.2 Å². The molecule has 0 radical (unpaired) electrons. The molecule has 3 rings (SSSR count). The highest BCUT2D eigenvalue weighted by molar-refractivity contribution is 7.91. The summed E-state index contributed by atoms with van der Waals surface area (Å²) in [6.07, 6.45) is -4.73. The summed E-state index contributed by atoms with van der Waals surface area (Å²) in [6.45, 7) is 3.14. The number of amides is 1. The van der Waals surface area contributed by atoms with Crippen molar-refractivity contribution in [3.63, 3.8) is 0 Å². The summed E-state index contributed by atoms with van der Waals surface area (Å²) in [5.41, 5.74) is 0.517. The monoisotopic (exact) mass is 479 g/mol. The lowest BCUT2D eigenvalue weighted by molar-refractivity contribution is -0.137. The first kappa shape index (κ1) is 24.4. The van der Waals surface area contributed by atoms with E-state index in [1.807, 2.05) is 0 Å². The van der Waals surface area contributed by atoms with Crippen LogP contribution in [0.3, 0.4) is 0 Å². The van der Waals surface area contributed by atoms with Gasteiger partial charge in [0.15, 0.2) is 9.84 Å². The van der Waals surface area contributed by atoms with Gasteiger partial charge in [0.2, 0.25) is 5.91 Å². The fraction of sp³-hybridized carbons (Fsp3) is 0.208. The van der Waals surface area contributed by atoms with E-state index in [0.717, 1.165) is 12.1 Å². The van der Waals surface area contributed by atoms with Crippen molar-refractivity contribution in [2.45, 2.75) is 31.3 Å². The molecule has 0 heterocycles. The maximum Gasteiger partial charge on any atom is 0.417 e. The predicted molar refractivity (Wildman–Crippen MR) is 118 cm³/mol. The number of alkyl halides is 3. The van der Waals surface area contributed by atoms with Crippen LogP contribution in [-0.2, 0) is 27.2 Å². The van der Waals surface area contributed by atoms with Gasteiger partial charge in [0, 0.05) is 5.69 Å². The van der Waals surface area contributed by atoms with Gasteiger partial charge in [0.25, 0.3) is 0 Å². The number of benzene rings is 3.